The van der Waals surface area contributed by atoms with Crippen LogP contribution in [0.4, 0.5) is 0 Å². The first-order valence-electron chi connectivity index (χ1n) is 7.66. The summed E-state index contributed by atoms with van der Waals surface area (Å²) in [5.74, 6) is 1.60. The maximum absolute atomic E-state index is 6.12. The van der Waals surface area contributed by atoms with Crippen LogP contribution in [0.2, 0.25) is 0 Å². The summed E-state index contributed by atoms with van der Waals surface area (Å²) in [6.45, 7) is 6.16. The van der Waals surface area contributed by atoms with E-state index in [0.29, 0.717) is 11.3 Å². The lowest BCUT2D eigenvalue weighted by molar-refractivity contribution is 0.197. The SMILES string of the molecule is CCCCC(CC)(CN)CC1COc2ccccc21. The number of fused-ring (bicyclic) bond motifs is 1. The molecule has 0 saturated carbocycles. The summed E-state index contributed by atoms with van der Waals surface area (Å²) in [6.07, 6.45) is 6.11. The van der Waals surface area contributed by atoms with Gasteiger partial charge < -0.3 is 10.5 Å². The average Bonchev–Trinajstić information content (AvgIpc) is 2.87. The highest BCUT2D eigenvalue weighted by Gasteiger charge is 2.34. The molecule has 0 saturated heterocycles. The normalized spacial score (nSPS) is 20.7. The molecule has 1 aromatic rings. The van der Waals surface area contributed by atoms with E-state index in [4.69, 9.17) is 10.5 Å². The second-order valence-corrected chi connectivity index (χ2v) is 5.91. The highest BCUT2D eigenvalue weighted by molar-refractivity contribution is 5.39. The van der Waals surface area contributed by atoms with Gasteiger partial charge in [0.25, 0.3) is 0 Å². The van der Waals surface area contributed by atoms with Gasteiger partial charge >= 0.3 is 0 Å². The number of rotatable bonds is 7. The molecule has 0 aromatic heterocycles. The summed E-state index contributed by atoms with van der Waals surface area (Å²) in [7, 11) is 0. The van der Waals surface area contributed by atoms with Gasteiger partial charge in [-0.05, 0) is 37.3 Å². The fraction of sp³-hybridized carbons (Fsp3) is 0.647. The Morgan fingerprint density at radius 1 is 1.32 bits per heavy atom. The molecule has 1 aliphatic heterocycles. The van der Waals surface area contributed by atoms with Crippen molar-refractivity contribution in [2.24, 2.45) is 11.1 Å². The topological polar surface area (TPSA) is 35.2 Å². The van der Waals surface area contributed by atoms with Crippen LogP contribution in [0.3, 0.4) is 0 Å². The molecule has 0 spiro atoms. The van der Waals surface area contributed by atoms with Crippen LogP contribution in [0.15, 0.2) is 24.3 Å². The molecular formula is C17H27NO. The number of ether oxygens (including phenoxy) is 1. The predicted octanol–water partition coefficient (Wildman–Crippen LogP) is 4.10. The first-order chi connectivity index (χ1) is 9.24. The number of unbranched alkanes of at least 4 members (excludes halogenated alkanes) is 1. The number of hydrogen-bond donors (Lipinski definition) is 1. The van der Waals surface area contributed by atoms with E-state index >= 15 is 0 Å². The molecule has 1 heterocycles. The van der Waals surface area contributed by atoms with Gasteiger partial charge in [-0.15, -0.1) is 0 Å². The van der Waals surface area contributed by atoms with Crippen LogP contribution < -0.4 is 10.5 Å². The maximum atomic E-state index is 6.12. The second kappa shape index (κ2) is 6.42. The van der Waals surface area contributed by atoms with Gasteiger partial charge in [-0.25, -0.2) is 0 Å². The molecule has 2 N–H and O–H groups in total. The highest BCUT2D eigenvalue weighted by atomic mass is 16.5. The van der Waals surface area contributed by atoms with Gasteiger partial charge in [0.1, 0.15) is 5.75 Å². The Bertz CT molecular complexity index is 398. The van der Waals surface area contributed by atoms with E-state index in [1.165, 1.54) is 31.2 Å². The Kier molecular flexibility index (Phi) is 4.87. The van der Waals surface area contributed by atoms with E-state index in [2.05, 4.69) is 32.0 Å². The lowest BCUT2D eigenvalue weighted by atomic mass is 9.72. The predicted molar refractivity (Wildman–Crippen MR) is 80.6 cm³/mol. The molecule has 1 aliphatic rings. The Labute approximate surface area is 117 Å². The zero-order valence-electron chi connectivity index (χ0n) is 12.3. The van der Waals surface area contributed by atoms with Crippen LogP contribution >= 0.6 is 0 Å². The fourth-order valence-electron chi connectivity index (χ4n) is 3.23. The zero-order chi connectivity index (χ0) is 13.7. The number of nitrogens with two attached hydrogens (primary N) is 1. The lowest BCUT2D eigenvalue weighted by Crippen LogP contribution is -2.32. The molecular weight excluding hydrogens is 234 g/mol. The number of para-hydroxylation sites is 1. The highest BCUT2D eigenvalue weighted by Crippen LogP contribution is 2.43. The molecule has 2 atom stereocenters. The van der Waals surface area contributed by atoms with Crippen LogP contribution in [0.5, 0.6) is 5.75 Å². The van der Waals surface area contributed by atoms with Gasteiger partial charge in [0.15, 0.2) is 0 Å². The van der Waals surface area contributed by atoms with Gasteiger partial charge in [-0.3, -0.25) is 0 Å². The van der Waals surface area contributed by atoms with E-state index in [0.717, 1.165) is 25.3 Å². The first kappa shape index (κ1) is 14.4. The minimum absolute atomic E-state index is 0.293. The van der Waals surface area contributed by atoms with E-state index < -0.39 is 0 Å². The average molecular weight is 261 g/mol. The van der Waals surface area contributed by atoms with Crippen molar-refractivity contribution in [1.29, 1.82) is 0 Å². The number of hydrogen-bond acceptors (Lipinski definition) is 2. The summed E-state index contributed by atoms with van der Waals surface area (Å²) in [6, 6.07) is 8.46. The largest absolute Gasteiger partial charge is 0.493 e. The molecule has 19 heavy (non-hydrogen) atoms. The molecule has 0 aliphatic carbocycles. The standard InChI is InChI=1S/C17H27NO/c1-3-5-10-17(4-2,13-18)11-14-12-19-16-9-7-6-8-15(14)16/h6-9,14H,3-5,10-13,18H2,1-2H3. The third kappa shape index (κ3) is 3.11. The summed E-state index contributed by atoms with van der Waals surface area (Å²) >= 11 is 0. The first-order valence-corrected chi connectivity index (χ1v) is 7.66. The maximum Gasteiger partial charge on any atom is 0.122 e. The van der Waals surface area contributed by atoms with E-state index in [1.54, 1.807) is 0 Å². The Hall–Kier alpha value is -1.02. The monoisotopic (exact) mass is 261 g/mol. The van der Waals surface area contributed by atoms with Crippen LogP contribution in [-0.2, 0) is 0 Å². The molecule has 2 nitrogen and oxygen atoms in total. The van der Waals surface area contributed by atoms with Crippen LogP contribution in [0, 0.1) is 5.41 Å². The molecule has 2 rings (SSSR count). The smallest absolute Gasteiger partial charge is 0.122 e. The molecule has 0 bridgehead atoms. The van der Waals surface area contributed by atoms with E-state index in [-0.39, 0.29) is 0 Å². The Balaban J connectivity index is 2.10. The summed E-state index contributed by atoms with van der Waals surface area (Å²) < 4.78 is 5.81. The molecule has 1 aromatic carbocycles. The van der Waals surface area contributed by atoms with Gasteiger partial charge in [0.05, 0.1) is 6.61 Å². The van der Waals surface area contributed by atoms with E-state index in [1.807, 2.05) is 6.07 Å². The van der Waals surface area contributed by atoms with Gasteiger partial charge in [0, 0.05) is 11.5 Å². The van der Waals surface area contributed by atoms with Crippen LogP contribution in [0.25, 0.3) is 0 Å². The van der Waals surface area contributed by atoms with Crippen molar-refractivity contribution in [1.82, 2.24) is 0 Å². The third-order valence-corrected chi connectivity index (χ3v) is 4.72. The van der Waals surface area contributed by atoms with Crippen molar-refractivity contribution in [3.05, 3.63) is 29.8 Å². The fourth-order valence-corrected chi connectivity index (χ4v) is 3.23. The quantitative estimate of drug-likeness (QED) is 0.802. The Morgan fingerprint density at radius 3 is 2.79 bits per heavy atom. The molecule has 0 fully saturated rings. The molecule has 2 heteroatoms. The summed E-state index contributed by atoms with van der Waals surface area (Å²) in [5, 5.41) is 0. The summed E-state index contributed by atoms with van der Waals surface area (Å²) in [5.41, 5.74) is 7.79. The molecule has 0 radical (unpaired) electrons. The van der Waals surface area contributed by atoms with Crippen molar-refractivity contribution in [3.8, 4) is 5.75 Å². The van der Waals surface area contributed by atoms with Crippen LogP contribution in [-0.4, -0.2) is 13.2 Å². The van der Waals surface area contributed by atoms with Crippen molar-refractivity contribution in [3.63, 3.8) is 0 Å². The van der Waals surface area contributed by atoms with Gasteiger partial charge in [0.2, 0.25) is 0 Å². The minimum atomic E-state index is 0.293. The molecule has 0 amide bonds. The third-order valence-electron chi connectivity index (χ3n) is 4.72. The summed E-state index contributed by atoms with van der Waals surface area (Å²) in [4.78, 5) is 0. The van der Waals surface area contributed by atoms with E-state index in [9.17, 15) is 0 Å². The van der Waals surface area contributed by atoms with Crippen molar-refractivity contribution in [2.45, 2.75) is 51.9 Å². The van der Waals surface area contributed by atoms with Crippen LogP contribution in [0.1, 0.15) is 57.4 Å². The lowest BCUT2D eigenvalue weighted by Gasteiger charge is -2.34. The zero-order valence-corrected chi connectivity index (χ0v) is 12.3. The number of benzene rings is 1. The molecule has 106 valence electrons. The van der Waals surface area contributed by atoms with Gasteiger partial charge in [-0.2, -0.15) is 0 Å². The molecule has 2 unspecified atom stereocenters. The van der Waals surface area contributed by atoms with Crippen molar-refractivity contribution >= 4 is 0 Å². The second-order valence-electron chi connectivity index (χ2n) is 5.91. The Morgan fingerprint density at radius 2 is 2.11 bits per heavy atom. The van der Waals surface area contributed by atoms with Crippen molar-refractivity contribution in [2.75, 3.05) is 13.2 Å². The van der Waals surface area contributed by atoms with Gasteiger partial charge in [-0.1, -0.05) is 44.9 Å². The van der Waals surface area contributed by atoms with Crippen molar-refractivity contribution < 1.29 is 4.74 Å². The minimum Gasteiger partial charge on any atom is -0.493 e.